The lowest BCUT2D eigenvalue weighted by molar-refractivity contribution is -0.00979. The fraction of sp³-hybridized carbons (Fsp3) is 0.538. The van der Waals surface area contributed by atoms with Crippen LogP contribution in [0.1, 0.15) is 16.7 Å². The molecule has 6 nitrogen and oxygen atoms in total. The molecule has 6 heteroatoms. The van der Waals surface area contributed by atoms with E-state index in [9.17, 15) is 0 Å². The van der Waals surface area contributed by atoms with Crippen LogP contribution in [0.3, 0.4) is 0 Å². The van der Waals surface area contributed by atoms with Crippen molar-refractivity contribution in [2.75, 3.05) is 73.2 Å². The van der Waals surface area contributed by atoms with Gasteiger partial charge in [0.25, 0.3) is 0 Å². The van der Waals surface area contributed by atoms with Gasteiger partial charge < -0.3 is 28.4 Å². The quantitative estimate of drug-likeness (QED) is 0.336. The minimum Gasteiger partial charge on any atom is -0.491 e. The van der Waals surface area contributed by atoms with Crippen LogP contribution in [-0.2, 0) is 23.7 Å². The van der Waals surface area contributed by atoms with E-state index in [1.165, 1.54) is 22.3 Å². The molecular weight excluding hydrogens is 408 g/mol. The predicted molar refractivity (Wildman–Crippen MR) is 127 cm³/mol. The fourth-order valence-corrected chi connectivity index (χ4v) is 3.14. The average Bonchev–Trinajstić information content (AvgIpc) is 2.79. The van der Waals surface area contributed by atoms with Crippen LogP contribution in [0.5, 0.6) is 5.75 Å². The zero-order valence-electron chi connectivity index (χ0n) is 20.0. The Balaban J connectivity index is 1.52. The zero-order valence-corrected chi connectivity index (χ0v) is 20.0. The van der Waals surface area contributed by atoms with Crippen molar-refractivity contribution in [3.63, 3.8) is 0 Å². The molecule has 0 aromatic heterocycles. The van der Waals surface area contributed by atoms with E-state index in [-0.39, 0.29) is 0 Å². The van der Waals surface area contributed by atoms with Gasteiger partial charge in [-0.25, -0.2) is 0 Å². The Morgan fingerprint density at radius 2 is 1.12 bits per heavy atom. The summed E-state index contributed by atoms with van der Waals surface area (Å²) < 4.78 is 32.6. The summed E-state index contributed by atoms with van der Waals surface area (Å²) in [5, 5.41) is 0. The van der Waals surface area contributed by atoms with Crippen molar-refractivity contribution in [1.82, 2.24) is 0 Å². The van der Waals surface area contributed by atoms with Crippen LogP contribution in [0.4, 0.5) is 0 Å². The first-order valence-corrected chi connectivity index (χ1v) is 11.2. The van der Waals surface area contributed by atoms with Gasteiger partial charge in [-0.15, -0.1) is 0 Å². The maximum absolute atomic E-state index is 5.88. The van der Waals surface area contributed by atoms with Crippen LogP contribution in [0.15, 0.2) is 36.4 Å². The molecule has 0 saturated carbocycles. The standard InChI is InChI=1S/C26H38O6/c1-21-5-6-22(2)25(19-21)24-7-8-26(23(3)20-24)32-18-17-31-16-15-30-14-13-29-12-11-28-10-9-27-4/h5-8,19-20H,9-18H2,1-4H3. The molecular formula is C26H38O6. The first kappa shape index (κ1) is 26.3. The highest BCUT2D eigenvalue weighted by molar-refractivity contribution is 5.69. The summed E-state index contributed by atoms with van der Waals surface area (Å²) in [6, 6.07) is 12.9. The molecule has 2 aromatic rings. The van der Waals surface area contributed by atoms with Gasteiger partial charge in [-0.3, -0.25) is 0 Å². The second-order valence-corrected chi connectivity index (χ2v) is 7.59. The number of rotatable bonds is 17. The van der Waals surface area contributed by atoms with Gasteiger partial charge in [-0.1, -0.05) is 29.8 Å². The van der Waals surface area contributed by atoms with Gasteiger partial charge in [0, 0.05) is 7.11 Å². The van der Waals surface area contributed by atoms with Gasteiger partial charge in [-0.2, -0.15) is 0 Å². The molecule has 0 aliphatic heterocycles. The van der Waals surface area contributed by atoms with Crippen LogP contribution in [0.2, 0.25) is 0 Å². The molecule has 0 atom stereocenters. The summed E-state index contributed by atoms with van der Waals surface area (Å²) in [6.45, 7) is 11.9. The Labute approximate surface area is 192 Å². The lowest BCUT2D eigenvalue weighted by Gasteiger charge is -2.13. The molecule has 0 heterocycles. The Morgan fingerprint density at radius 3 is 1.69 bits per heavy atom. The molecule has 178 valence electrons. The van der Waals surface area contributed by atoms with E-state index in [1.807, 2.05) is 6.07 Å². The number of ether oxygens (including phenoxy) is 6. The van der Waals surface area contributed by atoms with Gasteiger partial charge in [0.2, 0.25) is 0 Å². The van der Waals surface area contributed by atoms with Gasteiger partial charge in [0.15, 0.2) is 0 Å². The Morgan fingerprint density at radius 1 is 0.562 bits per heavy atom. The van der Waals surface area contributed by atoms with Crippen LogP contribution in [-0.4, -0.2) is 73.2 Å². The molecule has 2 aromatic carbocycles. The van der Waals surface area contributed by atoms with Crippen LogP contribution >= 0.6 is 0 Å². The molecule has 0 amide bonds. The SMILES string of the molecule is COCCOCCOCCOCCOCCOc1ccc(-c2cc(C)ccc2C)cc1C. The molecule has 32 heavy (non-hydrogen) atoms. The minimum atomic E-state index is 0.510. The summed E-state index contributed by atoms with van der Waals surface area (Å²) in [5.74, 6) is 0.891. The average molecular weight is 447 g/mol. The number of methoxy groups -OCH3 is 1. The molecule has 0 bridgehead atoms. The minimum absolute atomic E-state index is 0.510. The van der Waals surface area contributed by atoms with E-state index >= 15 is 0 Å². The van der Waals surface area contributed by atoms with Crippen LogP contribution < -0.4 is 4.74 Å². The lowest BCUT2D eigenvalue weighted by atomic mass is 9.97. The number of benzene rings is 2. The second-order valence-electron chi connectivity index (χ2n) is 7.59. The van der Waals surface area contributed by atoms with Crippen molar-refractivity contribution in [1.29, 1.82) is 0 Å². The molecule has 0 spiro atoms. The van der Waals surface area contributed by atoms with E-state index in [0.717, 1.165) is 11.3 Å². The maximum Gasteiger partial charge on any atom is 0.122 e. The predicted octanol–water partition coefficient (Wildman–Crippen LogP) is 4.37. The fourth-order valence-electron chi connectivity index (χ4n) is 3.14. The largest absolute Gasteiger partial charge is 0.491 e. The van der Waals surface area contributed by atoms with E-state index in [0.29, 0.717) is 66.1 Å². The lowest BCUT2D eigenvalue weighted by Crippen LogP contribution is -2.14. The van der Waals surface area contributed by atoms with Crippen molar-refractivity contribution >= 4 is 0 Å². The summed E-state index contributed by atoms with van der Waals surface area (Å²) in [7, 11) is 1.65. The topological polar surface area (TPSA) is 55.4 Å². The van der Waals surface area contributed by atoms with Crippen molar-refractivity contribution < 1.29 is 28.4 Å². The highest BCUT2D eigenvalue weighted by Crippen LogP contribution is 2.29. The van der Waals surface area contributed by atoms with Crippen molar-refractivity contribution in [3.8, 4) is 16.9 Å². The molecule has 0 radical (unpaired) electrons. The third-order valence-corrected chi connectivity index (χ3v) is 4.91. The van der Waals surface area contributed by atoms with E-state index in [1.54, 1.807) is 7.11 Å². The van der Waals surface area contributed by atoms with Crippen molar-refractivity contribution in [2.24, 2.45) is 0 Å². The van der Waals surface area contributed by atoms with Crippen molar-refractivity contribution in [2.45, 2.75) is 20.8 Å². The second kappa shape index (κ2) is 15.8. The van der Waals surface area contributed by atoms with Crippen LogP contribution in [0, 0.1) is 20.8 Å². The molecule has 0 aliphatic rings. The molecule has 0 fully saturated rings. The molecule has 0 saturated heterocycles. The highest BCUT2D eigenvalue weighted by Gasteiger charge is 2.06. The smallest absolute Gasteiger partial charge is 0.122 e. The molecule has 0 N–H and O–H groups in total. The van der Waals surface area contributed by atoms with Crippen molar-refractivity contribution in [3.05, 3.63) is 53.1 Å². The third-order valence-electron chi connectivity index (χ3n) is 4.91. The molecule has 0 unspecified atom stereocenters. The van der Waals surface area contributed by atoms with E-state index in [4.69, 9.17) is 28.4 Å². The Hall–Kier alpha value is -1.96. The van der Waals surface area contributed by atoms with Crippen LogP contribution in [0.25, 0.3) is 11.1 Å². The highest BCUT2D eigenvalue weighted by atomic mass is 16.6. The Bertz CT molecular complexity index is 777. The monoisotopic (exact) mass is 446 g/mol. The summed E-state index contributed by atoms with van der Waals surface area (Å²) in [4.78, 5) is 0. The van der Waals surface area contributed by atoms with Gasteiger partial charge >= 0.3 is 0 Å². The van der Waals surface area contributed by atoms with Gasteiger partial charge in [-0.05, 0) is 55.2 Å². The van der Waals surface area contributed by atoms with Gasteiger partial charge in [0.1, 0.15) is 12.4 Å². The first-order valence-electron chi connectivity index (χ1n) is 11.2. The van der Waals surface area contributed by atoms with E-state index < -0.39 is 0 Å². The number of aryl methyl sites for hydroxylation is 3. The summed E-state index contributed by atoms with van der Waals surface area (Å²) >= 11 is 0. The summed E-state index contributed by atoms with van der Waals surface area (Å²) in [5.41, 5.74) is 6.14. The molecule has 0 aliphatic carbocycles. The summed E-state index contributed by atoms with van der Waals surface area (Å²) in [6.07, 6.45) is 0. The van der Waals surface area contributed by atoms with E-state index in [2.05, 4.69) is 51.1 Å². The zero-order chi connectivity index (χ0) is 23.0. The first-order chi connectivity index (χ1) is 15.6. The normalized spacial score (nSPS) is 11.1. The van der Waals surface area contributed by atoms with Gasteiger partial charge in [0.05, 0.1) is 59.5 Å². The maximum atomic E-state index is 5.88. The Kier molecular flexibility index (Phi) is 13.0. The third kappa shape index (κ3) is 10.1. The number of hydrogen-bond acceptors (Lipinski definition) is 6. The number of hydrogen-bond donors (Lipinski definition) is 0. The molecule has 2 rings (SSSR count).